The molecule has 0 bridgehead atoms. The summed E-state index contributed by atoms with van der Waals surface area (Å²) in [5.74, 6) is 0. The smallest absolute Gasteiger partial charge is 0.135 e. The Balaban J connectivity index is 1.52. The normalized spacial score (nSPS) is 11.5. The lowest BCUT2D eigenvalue weighted by atomic mass is 10.1. The molecule has 6 rings (SSSR count). The van der Waals surface area contributed by atoms with Gasteiger partial charge in [0.25, 0.3) is 0 Å². The van der Waals surface area contributed by atoms with E-state index in [1.807, 2.05) is 41.7 Å². The Hall–Kier alpha value is -3.77. The third-order valence-corrected chi connectivity index (χ3v) is 6.29. The van der Waals surface area contributed by atoms with Crippen LogP contribution in [0.25, 0.3) is 55.2 Å². The van der Waals surface area contributed by atoms with Gasteiger partial charge in [0.15, 0.2) is 0 Å². The highest BCUT2D eigenvalue weighted by molar-refractivity contribution is 7.15. The maximum atomic E-state index is 4.86. The molecule has 0 atom stereocenters. The Labute approximate surface area is 176 Å². The SMILES string of the molecule is Cc1ccc(-c2cccc3[nH]c(-c4n[nH]c5ccc(-c6ccccn6)nc45)cc23)s1. The van der Waals surface area contributed by atoms with Crippen molar-refractivity contribution in [2.24, 2.45) is 0 Å². The third kappa shape index (κ3) is 2.73. The molecule has 0 saturated carbocycles. The second-order valence-electron chi connectivity index (χ2n) is 7.24. The molecule has 0 fully saturated rings. The predicted molar refractivity (Wildman–Crippen MR) is 122 cm³/mol. The van der Waals surface area contributed by atoms with Crippen LogP contribution in [0.2, 0.25) is 0 Å². The molecule has 0 aliphatic heterocycles. The van der Waals surface area contributed by atoms with Gasteiger partial charge in [-0.2, -0.15) is 5.10 Å². The van der Waals surface area contributed by atoms with E-state index in [0.29, 0.717) is 0 Å². The number of hydrogen-bond acceptors (Lipinski definition) is 4. The number of aromatic nitrogens is 5. The Morgan fingerprint density at radius 2 is 1.83 bits per heavy atom. The second kappa shape index (κ2) is 6.64. The monoisotopic (exact) mass is 407 g/mol. The number of hydrogen-bond donors (Lipinski definition) is 2. The number of thiophene rings is 1. The molecule has 30 heavy (non-hydrogen) atoms. The van der Waals surface area contributed by atoms with Gasteiger partial charge in [-0.05, 0) is 55.5 Å². The maximum absolute atomic E-state index is 4.86. The van der Waals surface area contributed by atoms with E-state index in [-0.39, 0.29) is 0 Å². The summed E-state index contributed by atoms with van der Waals surface area (Å²) in [6, 6.07) is 22.7. The van der Waals surface area contributed by atoms with E-state index in [0.717, 1.165) is 39.3 Å². The minimum Gasteiger partial charge on any atom is -0.353 e. The minimum absolute atomic E-state index is 0.812. The van der Waals surface area contributed by atoms with Gasteiger partial charge in [-0.15, -0.1) is 11.3 Å². The highest BCUT2D eigenvalue weighted by Crippen LogP contribution is 2.36. The standard InChI is InChI=1S/C24H17N5S/c1-14-8-11-22(30-14)15-5-4-7-17-16(15)13-21(26-17)24-23-20(28-29-24)10-9-19(27-23)18-6-2-3-12-25-18/h2-13,26H,1H3,(H,28,29). The lowest BCUT2D eigenvalue weighted by Crippen LogP contribution is -1.87. The van der Waals surface area contributed by atoms with E-state index in [1.165, 1.54) is 20.7 Å². The zero-order chi connectivity index (χ0) is 20.1. The fourth-order valence-electron chi connectivity index (χ4n) is 3.82. The van der Waals surface area contributed by atoms with Crippen LogP contribution < -0.4 is 0 Å². The first-order valence-corrected chi connectivity index (χ1v) is 10.5. The van der Waals surface area contributed by atoms with Crippen LogP contribution in [-0.4, -0.2) is 25.1 Å². The Morgan fingerprint density at radius 1 is 0.867 bits per heavy atom. The van der Waals surface area contributed by atoms with E-state index in [1.54, 1.807) is 6.20 Å². The quantitative estimate of drug-likeness (QED) is 0.367. The summed E-state index contributed by atoms with van der Waals surface area (Å²) in [6.07, 6.45) is 1.78. The number of rotatable bonds is 3. The summed E-state index contributed by atoms with van der Waals surface area (Å²) in [7, 11) is 0. The van der Waals surface area contributed by atoms with Crippen molar-refractivity contribution in [3.63, 3.8) is 0 Å². The summed E-state index contributed by atoms with van der Waals surface area (Å²) >= 11 is 1.81. The molecule has 0 radical (unpaired) electrons. The topological polar surface area (TPSA) is 70.2 Å². The van der Waals surface area contributed by atoms with Crippen LogP contribution in [0.1, 0.15) is 4.88 Å². The molecule has 0 unspecified atom stereocenters. The zero-order valence-electron chi connectivity index (χ0n) is 16.2. The van der Waals surface area contributed by atoms with E-state index in [9.17, 15) is 0 Å². The first-order chi connectivity index (χ1) is 14.8. The zero-order valence-corrected chi connectivity index (χ0v) is 17.0. The molecule has 6 aromatic rings. The predicted octanol–water partition coefficient (Wildman–Crippen LogP) is 6.21. The lowest BCUT2D eigenvalue weighted by molar-refractivity contribution is 1.12. The van der Waals surface area contributed by atoms with Gasteiger partial charge < -0.3 is 4.98 Å². The number of nitrogens with one attached hydrogen (secondary N) is 2. The molecule has 144 valence electrons. The molecule has 1 aromatic carbocycles. The van der Waals surface area contributed by atoms with Gasteiger partial charge in [0.2, 0.25) is 0 Å². The van der Waals surface area contributed by atoms with Gasteiger partial charge in [0.05, 0.1) is 22.6 Å². The number of H-pyrrole nitrogens is 2. The van der Waals surface area contributed by atoms with Gasteiger partial charge in [-0.3, -0.25) is 10.1 Å². The molecule has 0 spiro atoms. The summed E-state index contributed by atoms with van der Waals surface area (Å²) in [6.45, 7) is 2.14. The number of aryl methyl sites for hydroxylation is 1. The average molecular weight is 408 g/mol. The third-order valence-electron chi connectivity index (χ3n) is 5.26. The van der Waals surface area contributed by atoms with Crippen molar-refractivity contribution in [3.8, 4) is 33.2 Å². The molecular formula is C24H17N5S. The molecule has 0 aliphatic rings. The fourth-order valence-corrected chi connectivity index (χ4v) is 4.73. The van der Waals surface area contributed by atoms with Crippen molar-refractivity contribution < 1.29 is 0 Å². The van der Waals surface area contributed by atoms with E-state index < -0.39 is 0 Å². The van der Waals surface area contributed by atoms with Crippen molar-refractivity contribution in [2.45, 2.75) is 6.92 Å². The molecule has 2 N–H and O–H groups in total. The molecule has 0 amide bonds. The van der Waals surface area contributed by atoms with Crippen molar-refractivity contribution in [2.75, 3.05) is 0 Å². The number of nitrogens with zero attached hydrogens (tertiary/aromatic N) is 3. The molecule has 6 heteroatoms. The number of aromatic amines is 2. The summed E-state index contributed by atoms with van der Waals surface area (Å²) in [5, 5.41) is 8.86. The van der Waals surface area contributed by atoms with Gasteiger partial charge in [0.1, 0.15) is 11.2 Å². The first-order valence-electron chi connectivity index (χ1n) is 9.72. The van der Waals surface area contributed by atoms with Crippen LogP contribution in [0.15, 0.2) is 72.9 Å². The Kier molecular flexibility index (Phi) is 3.79. The van der Waals surface area contributed by atoms with Crippen LogP contribution in [0, 0.1) is 6.92 Å². The molecule has 0 saturated heterocycles. The van der Waals surface area contributed by atoms with Crippen LogP contribution in [0.3, 0.4) is 0 Å². The second-order valence-corrected chi connectivity index (χ2v) is 8.53. The van der Waals surface area contributed by atoms with Crippen LogP contribution in [-0.2, 0) is 0 Å². The van der Waals surface area contributed by atoms with E-state index in [4.69, 9.17) is 4.98 Å². The fraction of sp³-hybridized carbons (Fsp3) is 0.0417. The lowest BCUT2D eigenvalue weighted by Gasteiger charge is -2.00. The van der Waals surface area contributed by atoms with Crippen molar-refractivity contribution in [3.05, 3.63) is 77.8 Å². The molecule has 5 nitrogen and oxygen atoms in total. The Bertz CT molecular complexity index is 1510. The van der Waals surface area contributed by atoms with Gasteiger partial charge >= 0.3 is 0 Å². The summed E-state index contributed by atoms with van der Waals surface area (Å²) < 4.78 is 0. The van der Waals surface area contributed by atoms with Crippen molar-refractivity contribution in [1.29, 1.82) is 0 Å². The van der Waals surface area contributed by atoms with Crippen LogP contribution in [0.5, 0.6) is 0 Å². The highest BCUT2D eigenvalue weighted by atomic mass is 32.1. The highest BCUT2D eigenvalue weighted by Gasteiger charge is 2.15. The largest absolute Gasteiger partial charge is 0.353 e. The first kappa shape index (κ1) is 17.1. The van der Waals surface area contributed by atoms with Gasteiger partial charge in [-0.1, -0.05) is 18.2 Å². The molecule has 5 aromatic heterocycles. The molecular weight excluding hydrogens is 390 g/mol. The van der Waals surface area contributed by atoms with Gasteiger partial charge in [-0.25, -0.2) is 4.98 Å². The molecule has 0 aliphatic carbocycles. The molecule has 5 heterocycles. The number of benzene rings is 1. The van der Waals surface area contributed by atoms with Crippen molar-refractivity contribution >= 4 is 33.3 Å². The maximum Gasteiger partial charge on any atom is 0.135 e. The summed E-state index contributed by atoms with van der Waals surface area (Å²) in [4.78, 5) is 15.4. The number of fused-ring (bicyclic) bond motifs is 2. The van der Waals surface area contributed by atoms with Crippen molar-refractivity contribution in [1.82, 2.24) is 25.1 Å². The van der Waals surface area contributed by atoms with E-state index in [2.05, 4.69) is 63.5 Å². The summed E-state index contributed by atoms with van der Waals surface area (Å²) in [5.41, 5.74) is 7.49. The Morgan fingerprint density at radius 3 is 2.67 bits per heavy atom. The van der Waals surface area contributed by atoms with Crippen LogP contribution in [0.4, 0.5) is 0 Å². The average Bonchev–Trinajstić information content (AvgIpc) is 3.51. The van der Waals surface area contributed by atoms with Gasteiger partial charge in [0, 0.05) is 32.4 Å². The van der Waals surface area contributed by atoms with E-state index >= 15 is 0 Å². The minimum atomic E-state index is 0.812. The number of pyridine rings is 2. The van der Waals surface area contributed by atoms with Crippen LogP contribution >= 0.6 is 11.3 Å².